The van der Waals surface area contributed by atoms with Crippen LogP contribution >= 0.6 is 0 Å². The first kappa shape index (κ1) is 26.8. The number of hydrogen-bond donors (Lipinski definition) is 1. The van der Waals surface area contributed by atoms with E-state index in [4.69, 9.17) is 18.9 Å². The normalized spacial score (nSPS) is 10.7. The molecule has 0 spiro atoms. The fourth-order valence-corrected chi connectivity index (χ4v) is 3.61. The van der Waals surface area contributed by atoms with Crippen LogP contribution in [-0.4, -0.2) is 49.4 Å². The van der Waals surface area contributed by atoms with E-state index in [0.717, 1.165) is 5.56 Å². The van der Waals surface area contributed by atoms with Crippen molar-refractivity contribution < 1.29 is 28.5 Å². The van der Waals surface area contributed by atoms with Gasteiger partial charge < -0.3 is 18.9 Å². The summed E-state index contributed by atoms with van der Waals surface area (Å²) in [4.78, 5) is 34.0. The van der Waals surface area contributed by atoms with E-state index in [-0.39, 0.29) is 11.3 Å². The molecule has 4 aromatic rings. The van der Waals surface area contributed by atoms with Crippen molar-refractivity contribution in [3.05, 3.63) is 95.3 Å². The van der Waals surface area contributed by atoms with Crippen LogP contribution in [0.15, 0.2) is 78.0 Å². The molecule has 1 amide bonds. The Kier molecular flexibility index (Phi) is 8.47. The number of hydrazone groups is 1. The first-order valence-electron chi connectivity index (χ1n) is 11.8. The van der Waals surface area contributed by atoms with Crippen LogP contribution in [0.25, 0.3) is 11.4 Å². The summed E-state index contributed by atoms with van der Waals surface area (Å²) in [7, 11) is 4.44. The number of methoxy groups -OCH3 is 3. The Morgan fingerprint density at radius 2 is 1.54 bits per heavy atom. The lowest BCUT2D eigenvalue weighted by molar-refractivity contribution is 0.0729. The molecule has 10 nitrogen and oxygen atoms in total. The second-order valence-electron chi connectivity index (χ2n) is 8.13. The van der Waals surface area contributed by atoms with Crippen molar-refractivity contribution in [3.63, 3.8) is 0 Å². The fraction of sp³-hybridized carbons (Fsp3) is 0.138. The summed E-state index contributed by atoms with van der Waals surface area (Å²) >= 11 is 0. The Morgan fingerprint density at radius 1 is 0.846 bits per heavy atom. The summed E-state index contributed by atoms with van der Waals surface area (Å²) in [5, 5.41) is 4.02. The molecule has 0 saturated heterocycles. The first-order chi connectivity index (χ1) is 18.9. The standard InChI is InChI=1S/C29H26N4O6/c1-18-22(17-30-27(32-18)20-8-6-5-7-9-20)28(34)33-31-16-19-10-12-24(25(14-19)37-3)39-29(35)21-11-13-23(36-2)26(15-21)38-4/h5-17H,1-4H3,(H,33,34). The molecule has 4 rings (SSSR count). The van der Waals surface area contributed by atoms with Crippen molar-refractivity contribution in [2.75, 3.05) is 21.3 Å². The Hall–Kier alpha value is -5.25. The molecule has 0 radical (unpaired) electrons. The number of amides is 1. The summed E-state index contributed by atoms with van der Waals surface area (Å²) in [6.07, 6.45) is 2.91. The number of nitrogens with one attached hydrogen (secondary N) is 1. The van der Waals surface area contributed by atoms with Crippen LogP contribution in [0.2, 0.25) is 0 Å². The average molecular weight is 527 g/mol. The van der Waals surface area contributed by atoms with Crippen molar-refractivity contribution in [1.82, 2.24) is 15.4 Å². The molecule has 3 aromatic carbocycles. The number of aryl methyl sites for hydroxylation is 1. The number of nitrogens with zero attached hydrogens (tertiary/aromatic N) is 3. The molecule has 39 heavy (non-hydrogen) atoms. The quantitative estimate of drug-likeness (QED) is 0.147. The Labute approximate surface area is 225 Å². The molecule has 0 aliphatic carbocycles. The number of benzene rings is 3. The Bertz CT molecular complexity index is 1520. The van der Waals surface area contributed by atoms with Gasteiger partial charge in [0.15, 0.2) is 28.8 Å². The van der Waals surface area contributed by atoms with E-state index < -0.39 is 11.9 Å². The third kappa shape index (κ3) is 6.37. The predicted molar refractivity (Wildman–Crippen MR) is 145 cm³/mol. The number of carbonyl (C=O) groups excluding carboxylic acids is 2. The third-order valence-electron chi connectivity index (χ3n) is 5.65. The van der Waals surface area contributed by atoms with Gasteiger partial charge in [0.1, 0.15) is 0 Å². The highest BCUT2D eigenvalue weighted by molar-refractivity contribution is 5.96. The molecule has 0 fully saturated rings. The van der Waals surface area contributed by atoms with Crippen molar-refractivity contribution >= 4 is 18.1 Å². The van der Waals surface area contributed by atoms with Crippen LogP contribution in [0.5, 0.6) is 23.0 Å². The monoisotopic (exact) mass is 526 g/mol. The second kappa shape index (κ2) is 12.3. The highest BCUT2D eigenvalue weighted by atomic mass is 16.6. The number of carbonyl (C=O) groups is 2. The van der Waals surface area contributed by atoms with E-state index in [0.29, 0.717) is 39.9 Å². The van der Waals surface area contributed by atoms with Gasteiger partial charge in [-0.15, -0.1) is 0 Å². The van der Waals surface area contributed by atoms with Crippen LogP contribution in [0.4, 0.5) is 0 Å². The fourth-order valence-electron chi connectivity index (χ4n) is 3.61. The maximum absolute atomic E-state index is 12.7. The summed E-state index contributed by atoms with van der Waals surface area (Å²) in [6.45, 7) is 1.74. The molecule has 1 heterocycles. The van der Waals surface area contributed by atoms with E-state index in [1.54, 1.807) is 37.3 Å². The smallest absolute Gasteiger partial charge is 0.343 e. The lowest BCUT2D eigenvalue weighted by Crippen LogP contribution is -2.19. The summed E-state index contributed by atoms with van der Waals surface area (Å²) < 4.78 is 21.3. The molecule has 1 N–H and O–H groups in total. The van der Waals surface area contributed by atoms with Gasteiger partial charge in [0.2, 0.25) is 0 Å². The van der Waals surface area contributed by atoms with E-state index in [2.05, 4.69) is 20.5 Å². The van der Waals surface area contributed by atoms with Crippen LogP contribution in [0, 0.1) is 6.92 Å². The minimum Gasteiger partial charge on any atom is -0.493 e. The van der Waals surface area contributed by atoms with E-state index in [1.807, 2.05) is 30.3 Å². The number of ether oxygens (including phenoxy) is 4. The summed E-state index contributed by atoms with van der Waals surface area (Å²) in [5.74, 6) is 0.905. The Morgan fingerprint density at radius 3 is 2.23 bits per heavy atom. The molecule has 198 valence electrons. The number of aromatic nitrogens is 2. The molecule has 0 unspecified atom stereocenters. The van der Waals surface area contributed by atoms with Crippen LogP contribution in [0.1, 0.15) is 32.0 Å². The average Bonchev–Trinajstić information content (AvgIpc) is 2.97. The predicted octanol–water partition coefficient (Wildman–Crippen LogP) is 4.46. The molecular weight excluding hydrogens is 500 g/mol. The lowest BCUT2D eigenvalue weighted by atomic mass is 10.2. The van der Waals surface area contributed by atoms with E-state index >= 15 is 0 Å². The zero-order valence-corrected chi connectivity index (χ0v) is 21.8. The maximum Gasteiger partial charge on any atom is 0.343 e. The van der Waals surface area contributed by atoms with Crippen molar-refractivity contribution in [1.29, 1.82) is 0 Å². The van der Waals surface area contributed by atoms with Gasteiger partial charge >= 0.3 is 5.97 Å². The minimum atomic E-state index is -0.598. The zero-order chi connectivity index (χ0) is 27.8. The molecule has 1 aromatic heterocycles. The topological polar surface area (TPSA) is 121 Å². The van der Waals surface area contributed by atoms with Gasteiger partial charge in [-0.2, -0.15) is 5.10 Å². The largest absolute Gasteiger partial charge is 0.493 e. The van der Waals surface area contributed by atoms with E-state index in [9.17, 15) is 9.59 Å². The first-order valence-corrected chi connectivity index (χ1v) is 11.8. The van der Waals surface area contributed by atoms with Crippen LogP contribution < -0.4 is 24.4 Å². The van der Waals surface area contributed by atoms with Crippen molar-refractivity contribution in [2.24, 2.45) is 5.10 Å². The van der Waals surface area contributed by atoms with Gasteiger partial charge in [0, 0.05) is 11.8 Å². The summed E-state index contributed by atoms with van der Waals surface area (Å²) in [5.41, 5.74) is 5.05. The van der Waals surface area contributed by atoms with Gasteiger partial charge in [-0.25, -0.2) is 20.2 Å². The summed E-state index contributed by atoms with van der Waals surface area (Å²) in [6, 6.07) is 19.1. The minimum absolute atomic E-state index is 0.213. The molecule has 0 aliphatic rings. The van der Waals surface area contributed by atoms with Crippen LogP contribution in [-0.2, 0) is 0 Å². The third-order valence-corrected chi connectivity index (χ3v) is 5.65. The molecule has 0 bridgehead atoms. The molecular formula is C29H26N4O6. The van der Waals surface area contributed by atoms with Gasteiger partial charge in [-0.1, -0.05) is 30.3 Å². The van der Waals surface area contributed by atoms with Crippen molar-refractivity contribution in [2.45, 2.75) is 6.92 Å². The van der Waals surface area contributed by atoms with Gasteiger partial charge in [0.05, 0.1) is 44.4 Å². The molecule has 0 aliphatic heterocycles. The zero-order valence-electron chi connectivity index (χ0n) is 21.8. The molecule has 0 saturated carbocycles. The van der Waals surface area contributed by atoms with Gasteiger partial charge in [-0.05, 0) is 48.9 Å². The number of rotatable bonds is 9. The van der Waals surface area contributed by atoms with Gasteiger partial charge in [-0.3, -0.25) is 4.79 Å². The lowest BCUT2D eigenvalue weighted by Gasteiger charge is -2.11. The highest BCUT2D eigenvalue weighted by Gasteiger charge is 2.16. The second-order valence-corrected chi connectivity index (χ2v) is 8.13. The Balaban J connectivity index is 1.42. The number of esters is 1. The molecule has 10 heteroatoms. The number of hydrogen-bond acceptors (Lipinski definition) is 9. The maximum atomic E-state index is 12.7. The SMILES string of the molecule is COc1ccc(C(=O)Oc2ccc(C=NNC(=O)c3cnc(-c4ccccc4)nc3C)cc2OC)cc1OC. The van der Waals surface area contributed by atoms with Gasteiger partial charge in [0.25, 0.3) is 5.91 Å². The molecule has 0 atom stereocenters. The highest BCUT2D eigenvalue weighted by Crippen LogP contribution is 2.31. The van der Waals surface area contributed by atoms with Crippen molar-refractivity contribution in [3.8, 4) is 34.4 Å². The van der Waals surface area contributed by atoms with Crippen LogP contribution in [0.3, 0.4) is 0 Å². The van der Waals surface area contributed by atoms with E-state index in [1.165, 1.54) is 39.8 Å².